The van der Waals surface area contributed by atoms with Gasteiger partial charge in [0.2, 0.25) is 0 Å². The number of pyridine rings is 3. The Labute approximate surface area is 216 Å². The highest BCUT2D eigenvalue weighted by molar-refractivity contribution is 5.29. The lowest BCUT2D eigenvalue weighted by atomic mass is 10.1. The number of aromatic nitrogens is 4. The van der Waals surface area contributed by atoms with Gasteiger partial charge in [-0.3, -0.25) is 15.0 Å². The van der Waals surface area contributed by atoms with Crippen LogP contribution in [0.3, 0.4) is 0 Å². The van der Waals surface area contributed by atoms with Crippen LogP contribution in [0.1, 0.15) is 40.3 Å². The number of aryl methyl sites for hydroxylation is 1. The smallest absolute Gasteiger partial charge is 0.181 e. The van der Waals surface area contributed by atoms with E-state index in [1.165, 1.54) is 22.4 Å². The van der Waals surface area contributed by atoms with Crippen molar-refractivity contribution in [2.45, 2.75) is 45.4 Å². The Balaban J connectivity index is 0.000000101. The predicted octanol–water partition coefficient (Wildman–Crippen LogP) is 3.86. The van der Waals surface area contributed by atoms with Gasteiger partial charge in [0.05, 0.1) is 32.1 Å². The average Bonchev–Trinajstić information content (AvgIpc) is 3.75. The van der Waals surface area contributed by atoms with E-state index in [-0.39, 0.29) is 0 Å². The first-order chi connectivity index (χ1) is 18.4. The molecule has 37 heavy (non-hydrogen) atoms. The molecule has 9 nitrogen and oxygen atoms in total. The van der Waals surface area contributed by atoms with E-state index in [0.717, 1.165) is 88.2 Å². The molecule has 8 rings (SSSR count). The van der Waals surface area contributed by atoms with Crippen molar-refractivity contribution >= 4 is 0 Å². The second-order valence-corrected chi connectivity index (χ2v) is 8.79. The maximum Gasteiger partial charge on any atom is 0.181 e. The van der Waals surface area contributed by atoms with Gasteiger partial charge in [-0.25, -0.2) is 0 Å². The molecule has 0 fully saturated rings. The van der Waals surface area contributed by atoms with E-state index >= 15 is 0 Å². The Morgan fingerprint density at radius 1 is 0.730 bits per heavy atom. The maximum absolute atomic E-state index is 5.24. The van der Waals surface area contributed by atoms with Gasteiger partial charge in [0.15, 0.2) is 11.5 Å². The molecule has 0 aromatic carbocycles. The van der Waals surface area contributed by atoms with Crippen LogP contribution in [0.15, 0.2) is 65.8 Å². The summed E-state index contributed by atoms with van der Waals surface area (Å²) in [5.41, 5.74) is 6.23. The molecule has 4 aromatic heterocycles. The summed E-state index contributed by atoms with van der Waals surface area (Å²) >= 11 is 0. The third-order valence-electron chi connectivity index (χ3n) is 6.22. The van der Waals surface area contributed by atoms with Crippen LogP contribution in [0.2, 0.25) is 0 Å². The lowest BCUT2D eigenvalue weighted by Crippen LogP contribution is -2.24. The highest BCUT2D eigenvalue weighted by Crippen LogP contribution is 2.23. The molecule has 9 heteroatoms. The van der Waals surface area contributed by atoms with Crippen molar-refractivity contribution in [3.8, 4) is 11.5 Å². The summed E-state index contributed by atoms with van der Waals surface area (Å²) in [4.78, 5) is 12.4. The van der Waals surface area contributed by atoms with E-state index in [2.05, 4.69) is 31.5 Å². The molecule has 1 N–H and O–H groups in total. The Bertz CT molecular complexity index is 1140. The fraction of sp³-hybridized carbons (Fsp3) is 0.357. The summed E-state index contributed by atoms with van der Waals surface area (Å²) in [5.74, 6) is 2.67. The first-order valence-corrected chi connectivity index (χ1v) is 12.6. The molecule has 0 unspecified atom stereocenters. The summed E-state index contributed by atoms with van der Waals surface area (Å²) in [6, 6.07) is 9.97. The van der Waals surface area contributed by atoms with Gasteiger partial charge < -0.3 is 24.1 Å². The van der Waals surface area contributed by atoms with Gasteiger partial charge in [0.25, 0.3) is 0 Å². The lowest BCUT2D eigenvalue weighted by molar-refractivity contribution is 0.134. The number of ether oxygens (including phenoxy) is 3. The fourth-order valence-electron chi connectivity index (χ4n) is 4.24. The van der Waals surface area contributed by atoms with E-state index in [1.54, 1.807) is 18.6 Å². The minimum Gasteiger partial charge on any atom is -0.491 e. The van der Waals surface area contributed by atoms with Crippen LogP contribution < -0.4 is 14.8 Å². The zero-order chi connectivity index (χ0) is 25.1. The minimum atomic E-state index is 0.739. The highest BCUT2D eigenvalue weighted by Gasteiger charge is 2.13. The largest absolute Gasteiger partial charge is 0.491 e. The minimum absolute atomic E-state index is 0.739. The Morgan fingerprint density at radius 3 is 2.46 bits per heavy atom. The molecule has 0 saturated heterocycles. The van der Waals surface area contributed by atoms with Crippen LogP contribution in [0.4, 0.5) is 0 Å². The zero-order valence-electron chi connectivity index (χ0n) is 20.8. The van der Waals surface area contributed by atoms with Crippen molar-refractivity contribution in [3.63, 3.8) is 0 Å². The summed E-state index contributed by atoms with van der Waals surface area (Å²) in [6.45, 7) is 5.16. The van der Waals surface area contributed by atoms with Crippen molar-refractivity contribution in [2.24, 2.45) is 0 Å². The SMILES string of the molecule is c1cc2c(cn1)COC2.c1cnc2c(c1)CNCC2.c1cnc2c(c1)OCC2.c1noc2c1OCCC2. The molecule has 0 amide bonds. The summed E-state index contributed by atoms with van der Waals surface area (Å²) < 4.78 is 20.5. The van der Waals surface area contributed by atoms with Crippen LogP contribution in [0.25, 0.3) is 0 Å². The molecular weight excluding hydrogens is 470 g/mol. The average molecular weight is 502 g/mol. The van der Waals surface area contributed by atoms with Gasteiger partial charge in [0.1, 0.15) is 11.9 Å². The molecule has 0 bridgehead atoms. The molecule has 4 aromatic rings. The number of nitrogens with one attached hydrogen (secondary N) is 1. The van der Waals surface area contributed by atoms with E-state index < -0.39 is 0 Å². The second-order valence-electron chi connectivity index (χ2n) is 8.79. The number of nitrogens with zero attached hydrogens (tertiary/aromatic N) is 4. The number of hydrogen-bond acceptors (Lipinski definition) is 9. The Kier molecular flexibility index (Phi) is 8.69. The number of rotatable bonds is 0. The molecule has 192 valence electrons. The molecule has 4 aliphatic heterocycles. The molecule has 0 radical (unpaired) electrons. The summed E-state index contributed by atoms with van der Waals surface area (Å²) in [6.07, 6.45) is 13.0. The topological polar surface area (TPSA) is 104 Å². The molecule has 0 spiro atoms. The van der Waals surface area contributed by atoms with Crippen molar-refractivity contribution in [1.29, 1.82) is 0 Å². The fourth-order valence-corrected chi connectivity index (χ4v) is 4.24. The lowest BCUT2D eigenvalue weighted by Gasteiger charge is -2.14. The van der Waals surface area contributed by atoms with Gasteiger partial charge in [0, 0.05) is 68.4 Å². The first-order valence-electron chi connectivity index (χ1n) is 12.6. The predicted molar refractivity (Wildman–Crippen MR) is 136 cm³/mol. The molecule has 0 atom stereocenters. The van der Waals surface area contributed by atoms with Crippen molar-refractivity contribution in [3.05, 3.63) is 95.2 Å². The van der Waals surface area contributed by atoms with Gasteiger partial charge in [-0.15, -0.1) is 0 Å². The molecule has 4 aliphatic rings. The molecular formula is C28H31N5O4. The number of hydrogen-bond donors (Lipinski definition) is 1. The van der Waals surface area contributed by atoms with Crippen molar-refractivity contribution in [1.82, 2.24) is 25.4 Å². The van der Waals surface area contributed by atoms with Crippen LogP contribution in [-0.2, 0) is 43.8 Å². The first kappa shape index (κ1) is 24.9. The Hall–Kier alpha value is -3.82. The third-order valence-corrected chi connectivity index (χ3v) is 6.22. The van der Waals surface area contributed by atoms with Gasteiger partial charge in [-0.05, 0) is 41.8 Å². The maximum atomic E-state index is 5.24. The standard InChI is InChI=1S/C8H10N2.2C7H7NO.C6H7NO2/c1-2-7-6-9-5-3-8(7)10-4-1;1-2-8-3-7-5-9-4-6(1)7;1-2-7-6(8-4-1)3-5-9-7;1-2-5-6(8-3-1)4-7-9-5/h1-2,4,9H,3,5-6H2;1-3H,4-5H2;1-2,4H,3,5H2;4H,1-3H2. The van der Waals surface area contributed by atoms with Gasteiger partial charge >= 0.3 is 0 Å². The van der Waals surface area contributed by atoms with Crippen molar-refractivity contribution < 1.29 is 18.7 Å². The Morgan fingerprint density at radius 2 is 1.59 bits per heavy atom. The monoisotopic (exact) mass is 501 g/mol. The van der Waals surface area contributed by atoms with Crippen LogP contribution >= 0.6 is 0 Å². The van der Waals surface area contributed by atoms with E-state index in [9.17, 15) is 0 Å². The second kappa shape index (κ2) is 12.9. The van der Waals surface area contributed by atoms with E-state index in [0.29, 0.717) is 0 Å². The number of fused-ring (bicyclic) bond motifs is 4. The van der Waals surface area contributed by atoms with Crippen LogP contribution in [0.5, 0.6) is 11.5 Å². The zero-order valence-corrected chi connectivity index (χ0v) is 20.8. The van der Waals surface area contributed by atoms with Crippen LogP contribution in [0, 0.1) is 0 Å². The molecule has 0 aliphatic carbocycles. The highest BCUT2D eigenvalue weighted by atomic mass is 16.5. The normalized spacial score (nSPS) is 15.8. The van der Waals surface area contributed by atoms with Crippen LogP contribution in [-0.4, -0.2) is 39.9 Å². The van der Waals surface area contributed by atoms with Gasteiger partial charge in [-0.1, -0.05) is 11.2 Å². The van der Waals surface area contributed by atoms with Gasteiger partial charge in [-0.2, -0.15) is 0 Å². The van der Waals surface area contributed by atoms with E-state index in [1.807, 2.05) is 36.7 Å². The summed E-state index contributed by atoms with van der Waals surface area (Å²) in [7, 11) is 0. The quantitative estimate of drug-likeness (QED) is 0.385. The molecule has 0 saturated carbocycles. The summed E-state index contributed by atoms with van der Waals surface area (Å²) in [5, 5.41) is 6.90. The van der Waals surface area contributed by atoms with E-state index in [4.69, 9.17) is 18.7 Å². The van der Waals surface area contributed by atoms with Crippen molar-refractivity contribution in [2.75, 3.05) is 19.8 Å². The third kappa shape index (κ3) is 6.90. The molecule has 8 heterocycles.